The van der Waals surface area contributed by atoms with E-state index in [1.165, 1.54) is 4.31 Å². The SMILES string of the molecule is CCCOc1ccc(Br)cc1C(=O)NC(=S)Nc1ccc(S(=O)(=O)N(C)C2CCCCC2)cc1. The maximum absolute atomic E-state index is 13.0. The number of thiocarbonyl (C=S) groups is 1. The van der Waals surface area contributed by atoms with Crippen molar-refractivity contribution in [3.8, 4) is 5.75 Å². The van der Waals surface area contributed by atoms with Crippen LogP contribution in [-0.2, 0) is 10.0 Å². The molecule has 34 heavy (non-hydrogen) atoms. The zero-order chi connectivity index (χ0) is 24.7. The molecule has 0 spiro atoms. The van der Waals surface area contributed by atoms with Crippen LogP contribution >= 0.6 is 28.1 Å². The molecule has 1 aliphatic rings. The highest BCUT2D eigenvalue weighted by atomic mass is 79.9. The van der Waals surface area contributed by atoms with Crippen LogP contribution in [0.5, 0.6) is 5.75 Å². The minimum Gasteiger partial charge on any atom is -0.493 e. The van der Waals surface area contributed by atoms with Gasteiger partial charge in [-0.05, 0) is 73.9 Å². The second-order valence-electron chi connectivity index (χ2n) is 8.23. The van der Waals surface area contributed by atoms with E-state index in [1.54, 1.807) is 49.5 Å². The Kier molecular flexibility index (Phi) is 9.47. The second kappa shape index (κ2) is 12.1. The Morgan fingerprint density at radius 3 is 2.47 bits per heavy atom. The number of hydrogen-bond acceptors (Lipinski definition) is 5. The Morgan fingerprint density at radius 1 is 1.15 bits per heavy atom. The number of carbonyl (C=O) groups is 1. The van der Waals surface area contributed by atoms with Crippen molar-refractivity contribution < 1.29 is 17.9 Å². The lowest BCUT2D eigenvalue weighted by atomic mass is 9.96. The van der Waals surface area contributed by atoms with E-state index in [2.05, 4.69) is 26.6 Å². The van der Waals surface area contributed by atoms with E-state index in [0.717, 1.165) is 43.0 Å². The number of rotatable bonds is 8. The number of hydrogen-bond donors (Lipinski definition) is 2. The smallest absolute Gasteiger partial charge is 0.261 e. The van der Waals surface area contributed by atoms with E-state index in [-0.39, 0.29) is 16.0 Å². The molecule has 0 atom stereocenters. The summed E-state index contributed by atoms with van der Waals surface area (Å²) in [6.07, 6.45) is 5.89. The first-order chi connectivity index (χ1) is 16.2. The summed E-state index contributed by atoms with van der Waals surface area (Å²) in [6.45, 7) is 2.48. The molecule has 7 nitrogen and oxygen atoms in total. The van der Waals surface area contributed by atoms with Crippen LogP contribution in [-0.4, -0.2) is 43.4 Å². The molecule has 0 aliphatic heterocycles. The number of halogens is 1. The summed E-state index contributed by atoms with van der Waals surface area (Å²) in [5.74, 6) is 0.0696. The van der Waals surface area contributed by atoms with Crippen LogP contribution in [0.2, 0.25) is 0 Å². The van der Waals surface area contributed by atoms with Crippen LogP contribution in [0.25, 0.3) is 0 Å². The quantitative estimate of drug-likeness (QED) is 0.420. The lowest BCUT2D eigenvalue weighted by Gasteiger charge is -2.30. The fourth-order valence-corrected chi connectivity index (χ4v) is 5.86. The number of anilines is 1. The Morgan fingerprint density at radius 2 is 1.82 bits per heavy atom. The average molecular weight is 569 g/mol. The largest absolute Gasteiger partial charge is 0.493 e. The van der Waals surface area contributed by atoms with Crippen molar-refractivity contribution >= 4 is 54.9 Å². The van der Waals surface area contributed by atoms with Gasteiger partial charge < -0.3 is 10.1 Å². The Hall–Kier alpha value is -2.01. The highest BCUT2D eigenvalue weighted by molar-refractivity contribution is 9.10. The Bertz CT molecular complexity index is 1120. The molecule has 1 amide bonds. The molecule has 1 aliphatic carbocycles. The van der Waals surface area contributed by atoms with E-state index in [1.807, 2.05) is 6.92 Å². The molecule has 0 bridgehead atoms. The lowest BCUT2D eigenvalue weighted by Crippen LogP contribution is -2.38. The zero-order valence-corrected chi connectivity index (χ0v) is 22.6. The van der Waals surface area contributed by atoms with Crippen LogP contribution in [0.3, 0.4) is 0 Å². The summed E-state index contributed by atoms with van der Waals surface area (Å²) in [7, 11) is -1.92. The fourth-order valence-electron chi connectivity index (χ4n) is 3.87. The predicted octanol–water partition coefficient (Wildman–Crippen LogP) is 5.32. The zero-order valence-electron chi connectivity index (χ0n) is 19.3. The van der Waals surface area contributed by atoms with Crippen molar-refractivity contribution in [2.45, 2.75) is 56.4 Å². The topological polar surface area (TPSA) is 87.7 Å². The monoisotopic (exact) mass is 567 g/mol. The average Bonchev–Trinajstić information content (AvgIpc) is 2.83. The minimum atomic E-state index is -3.57. The number of sulfonamides is 1. The van der Waals surface area contributed by atoms with Gasteiger partial charge in [-0.2, -0.15) is 4.31 Å². The molecule has 2 N–H and O–H groups in total. The third-order valence-electron chi connectivity index (χ3n) is 5.75. The summed E-state index contributed by atoms with van der Waals surface area (Å²) in [5.41, 5.74) is 0.931. The molecule has 0 unspecified atom stereocenters. The number of ether oxygens (including phenoxy) is 1. The van der Waals surface area contributed by atoms with Crippen molar-refractivity contribution in [2.24, 2.45) is 0 Å². The molecule has 10 heteroatoms. The number of nitrogens with zero attached hydrogens (tertiary/aromatic N) is 1. The molecular weight excluding hydrogens is 538 g/mol. The molecule has 0 saturated heterocycles. The maximum atomic E-state index is 13.0. The minimum absolute atomic E-state index is 0.0450. The van der Waals surface area contributed by atoms with Gasteiger partial charge in [0.05, 0.1) is 17.1 Å². The number of amides is 1. The van der Waals surface area contributed by atoms with Crippen LogP contribution < -0.4 is 15.4 Å². The van der Waals surface area contributed by atoms with Crippen LogP contribution in [0.15, 0.2) is 51.8 Å². The highest BCUT2D eigenvalue weighted by Crippen LogP contribution is 2.27. The molecule has 3 rings (SSSR count). The summed E-state index contributed by atoms with van der Waals surface area (Å²) in [6, 6.07) is 11.6. The predicted molar refractivity (Wildman–Crippen MR) is 142 cm³/mol. The van der Waals surface area contributed by atoms with E-state index in [9.17, 15) is 13.2 Å². The standard InChI is InChI=1S/C24H30BrN3O4S2/c1-3-15-32-22-14-9-17(25)16-21(22)23(29)27-24(33)26-18-10-12-20(13-11-18)34(30,31)28(2)19-7-5-4-6-8-19/h9-14,16,19H,3-8,15H2,1-2H3,(H2,26,27,29,33). The van der Waals surface area contributed by atoms with E-state index in [4.69, 9.17) is 17.0 Å². The number of benzene rings is 2. The first kappa shape index (κ1) is 26.6. The normalized spacial score (nSPS) is 14.6. The molecule has 184 valence electrons. The highest BCUT2D eigenvalue weighted by Gasteiger charge is 2.29. The van der Waals surface area contributed by atoms with Gasteiger partial charge in [0.25, 0.3) is 5.91 Å². The molecule has 2 aromatic carbocycles. The van der Waals surface area contributed by atoms with Gasteiger partial charge in [-0.25, -0.2) is 8.42 Å². The number of carbonyl (C=O) groups excluding carboxylic acids is 1. The Balaban J connectivity index is 1.64. The van der Waals surface area contributed by atoms with E-state index in [0.29, 0.717) is 23.6 Å². The second-order valence-corrected chi connectivity index (χ2v) is 11.6. The molecule has 0 aromatic heterocycles. The maximum Gasteiger partial charge on any atom is 0.261 e. The van der Waals surface area contributed by atoms with Crippen molar-refractivity contribution in [1.29, 1.82) is 0 Å². The van der Waals surface area contributed by atoms with Gasteiger partial charge >= 0.3 is 0 Å². The first-order valence-electron chi connectivity index (χ1n) is 11.3. The van der Waals surface area contributed by atoms with Crippen LogP contribution in [0.4, 0.5) is 5.69 Å². The van der Waals surface area contributed by atoms with Gasteiger partial charge in [-0.3, -0.25) is 10.1 Å². The van der Waals surface area contributed by atoms with Gasteiger partial charge in [-0.15, -0.1) is 0 Å². The molecule has 1 fully saturated rings. The fraction of sp³-hybridized carbons (Fsp3) is 0.417. The summed E-state index contributed by atoms with van der Waals surface area (Å²) in [4.78, 5) is 13.0. The van der Waals surface area contributed by atoms with Gasteiger partial charge in [0.15, 0.2) is 5.11 Å². The molecular formula is C24H30BrN3O4S2. The third-order valence-corrected chi connectivity index (χ3v) is 8.37. The molecule has 1 saturated carbocycles. The van der Waals surface area contributed by atoms with Gasteiger partial charge in [0, 0.05) is 23.2 Å². The first-order valence-corrected chi connectivity index (χ1v) is 14.0. The molecule has 0 heterocycles. The van der Waals surface area contributed by atoms with Gasteiger partial charge in [0.1, 0.15) is 5.75 Å². The summed E-state index contributed by atoms with van der Waals surface area (Å²) < 4.78 is 33.9. The number of nitrogens with one attached hydrogen (secondary N) is 2. The summed E-state index contributed by atoms with van der Waals surface area (Å²) >= 11 is 8.66. The molecule has 2 aromatic rings. The lowest BCUT2D eigenvalue weighted by molar-refractivity contribution is 0.0973. The van der Waals surface area contributed by atoms with Crippen LogP contribution in [0.1, 0.15) is 55.8 Å². The van der Waals surface area contributed by atoms with Crippen molar-refractivity contribution in [2.75, 3.05) is 19.0 Å². The molecule has 0 radical (unpaired) electrons. The Labute approximate surface area is 215 Å². The van der Waals surface area contributed by atoms with Gasteiger partial charge in [0.2, 0.25) is 10.0 Å². The van der Waals surface area contributed by atoms with Crippen molar-refractivity contribution in [1.82, 2.24) is 9.62 Å². The van der Waals surface area contributed by atoms with Gasteiger partial charge in [-0.1, -0.05) is 42.1 Å². The van der Waals surface area contributed by atoms with E-state index < -0.39 is 15.9 Å². The van der Waals surface area contributed by atoms with Crippen LogP contribution in [0, 0.1) is 0 Å². The van der Waals surface area contributed by atoms with Crippen molar-refractivity contribution in [3.63, 3.8) is 0 Å². The summed E-state index contributed by atoms with van der Waals surface area (Å²) in [5, 5.41) is 5.68. The van der Waals surface area contributed by atoms with E-state index >= 15 is 0 Å². The third kappa shape index (κ3) is 6.78. The van der Waals surface area contributed by atoms with Crippen molar-refractivity contribution in [3.05, 3.63) is 52.5 Å².